The third-order valence-corrected chi connectivity index (χ3v) is 2.13. The van der Waals surface area contributed by atoms with Crippen molar-refractivity contribution in [1.82, 2.24) is 0 Å². The van der Waals surface area contributed by atoms with Gasteiger partial charge in [0, 0.05) is 6.21 Å². The number of hydrogen-bond acceptors (Lipinski definition) is 1. The molecular formula is C12H15N. The van der Waals surface area contributed by atoms with E-state index >= 15 is 0 Å². The topological polar surface area (TPSA) is 12.4 Å². The van der Waals surface area contributed by atoms with Crippen LogP contribution in [-0.4, -0.2) is 6.21 Å². The molecule has 68 valence electrons. The number of nitrogens with zero attached hydrogens (tertiary/aromatic N) is 1. The molecule has 1 heteroatoms. The van der Waals surface area contributed by atoms with Crippen molar-refractivity contribution in [2.45, 2.75) is 20.8 Å². The van der Waals surface area contributed by atoms with Crippen molar-refractivity contribution in [2.24, 2.45) is 4.99 Å². The summed E-state index contributed by atoms with van der Waals surface area (Å²) < 4.78 is 0. The normalized spacial score (nSPS) is 10.7. The molecule has 0 fully saturated rings. The molecule has 0 aliphatic carbocycles. The van der Waals surface area contributed by atoms with Crippen molar-refractivity contribution >= 4 is 11.9 Å². The summed E-state index contributed by atoms with van der Waals surface area (Å²) in [5, 5.41) is 0. The summed E-state index contributed by atoms with van der Waals surface area (Å²) in [5.74, 6) is 0. The van der Waals surface area contributed by atoms with Crippen LogP contribution < -0.4 is 0 Å². The van der Waals surface area contributed by atoms with Crippen LogP contribution in [0.4, 0.5) is 0 Å². The minimum atomic E-state index is 0.825. The van der Waals surface area contributed by atoms with Crippen LogP contribution in [0.2, 0.25) is 0 Å². The minimum Gasteiger partial charge on any atom is -0.262 e. The van der Waals surface area contributed by atoms with Crippen LogP contribution in [0.1, 0.15) is 23.6 Å². The van der Waals surface area contributed by atoms with E-state index in [0.29, 0.717) is 0 Å². The molecule has 1 rings (SSSR count). The Bertz CT molecular complexity index is 348. The molecule has 0 atom stereocenters. The van der Waals surface area contributed by atoms with Gasteiger partial charge in [-0.05, 0) is 43.5 Å². The zero-order valence-electron chi connectivity index (χ0n) is 8.46. The van der Waals surface area contributed by atoms with Crippen molar-refractivity contribution < 1.29 is 0 Å². The van der Waals surface area contributed by atoms with Crippen LogP contribution in [-0.2, 0) is 0 Å². The molecule has 0 N–H and O–H groups in total. The molecule has 0 aliphatic rings. The number of aryl methyl sites for hydroxylation is 2. The summed E-state index contributed by atoms with van der Waals surface area (Å²) >= 11 is 0. The fraction of sp³-hybridized carbons (Fsp3) is 0.250. The van der Waals surface area contributed by atoms with E-state index in [4.69, 9.17) is 0 Å². The van der Waals surface area contributed by atoms with Gasteiger partial charge in [-0.1, -0.05) is 18.7 Å². The smallest absolute Gasteiger partial charge is 0.0626 e. The minimum absolute atomic E-state index is 0.825. The standard InChI is InChI=1S/C12H15N/c1-5-13-11(4)12-7-6-9(2)10(3)8-12/h5-8H,4H2,1-3H3/b13-5+. The van der Waals surface area contributed by atoms with Crippen molar-refractivity contribution in [1.29, 1.82) is 0 Å². The largest absolute Gasteiger partial charge is 0.262 e. The first kappa shape index (κ1) is 9.72. The predicted octanol–water partition coefficient (Wildman–Crippen LogP) is 3.36. The molecule has 0 saturated heterocycles. The maximum atomic E-state index is 4.15. The van der Waals surface area contributed by atoms with Gasteiger partial charge in [0.25, 0.3) is 0 Å². The zero-order chi connectivity index (χ0) is 9.84. The van der Waals surface area contributed by atoms with E-state index in [0.717, 1.165) is 11.3 Å². The lowest BCUT2D eigenvalue weighted by atomic mass is 10.1. The van der Waals surface area contributed by atoms with Gasteiger partial charge < -0.3 is 0 Å². The highest BCUT2D eigenvalue weighted by atomic mass is 14.7. The van der Waals surface area contributed by atoms with Gasteiger partial charge >= 0.3 is 0 Å². The predicted molar refractivity (Wildman–Crippen MR) is 59.1 cm³/mol. The van der Waals surface area contributed by atoms with Crippen molar-refractivity contribution in [2.75, 3.05) is 0 Å². The third-order valence-electron chi connectivity index (χ3n) is 2.13. The first-order chi connectivity index (χ1) is 6.15. The number of aliphatic imine (C=N–C) groups is 1. The average Bonchev–Trinajstić information content (AvgIpc) is 2.10. The molecule has 0 heterocycles. The Labute approximate surface area is 79.8 Å². The summed E-state index contributed by atoms with van der Waals surface area (Å²) in [6.45, 7) is 9.98. The highest BCUT2D eigenvalue weighted by Gasteiger charge is 1.97. The van der Waals surface area contributed by atoms with Gasteiger partial charge in [0.2, 0.25) is 0 Å². The fourth-order valence-electron chi connectivity index (χ4n) is 1.15. The summed E-state index contributed by atoms with van der Waals surface area (Å²) in [6, 6.07) is 6.27. The Morgan fingerprint density at radius 1 is 1.31 bits per heavy atom. The molecule has 0 radical (unpaired) electrons. The Kier molecular flexibility index (Phi) is 3.02. The van der Waals surface area contributed by atoms with E-state index in [1.807, 2.05) is 6.92 Å². The van der Waals surface area contributed by atoms with Gasteiger partial charge in [-0.2, -0.15) is 0 Å². The lowest BCUT2D eigenvalue weighted by Gasteiger charge is -2.03. The third kappa shape index (κ3) is 2.28. The molecule has 0 unspecified atom stereocenters. The van der Waals surface area contributed by atoms with Crippen molar-refractivity contribution in [3.8, 4) is 0 Å². The summed E-state index contributed by atoms with van der Waals surface area (Å²) in [7, 11) is 0. The maximum absolute atomic E-state index is 4.15. The fourth-order valence-corrected chi connectivity index (χ4v) is 1.15. The molecular weight excluding hydrogens is 158 g/mol. The van der Waals surface area contributed by atoms with Gasteiger partial charge in [-0.15, -0.1) is 0 Å². The average molecular weight is 173 g/mol. The molecule has 0 saturated carbocycles. The van der Waals surface area contributed by atoms with Crippen LogP contribution in [0.5, 0.6) is 0 Å². The highest BCUT2D eigenvalue weighted by molar-refractivity contribution is 5.71. The maximum Gasteiger partial charge on any atom is 0.0626 e. The monoisotopic (exact) mass is 173 g/mol. The van der Waals surface area contributed by atoms with E-state index in [2.05, 4.69) is 43.6 Å². The Morgan fingerprint density at radius 3 is 2.54 bits per heavy atom. The number of rotatable bonds is 2. The highest BCUT2D eigenvalue weighted by Crippen LogP contribution is 2.17. The lowest BCUT2D eigenvalue weighted by molar-refractivity contribution is 1.32. The molecule has 0 amide bonds. The van der Waals surface area contributed by atoms with Gasteiger partial charge in [-0.3, -0.25) is 4.99 Å². The SMILES string of the molecule is C=C(/N=C/C)c1ccc(C)c(C)c1. The molecule has 0 aromatic heterocycles. The van der Waals surface area contributed by atoms with Gasteiger partial charge in [-0.25, -0.2) is 0 Å². The Balaban J connectivity index is 3.04. The second-order valence-electron chi connectivity index (χ2n) is 3.13. The van der Waals surface area contributed by atoms with Crippen LogP contribution in [0.15, 0.2) is 29.8 Å². The van der Waals surface area contributed by atoms with Crippen LogP contribution in [0.25, 0.3) is 5.70 Å². The summed E-state index contributed by atoms with van der Waals surface area (Å²) in [6.07, 6.45) is 1.76. The molecule has 0 spiro atoms. The van der Waals surface area contributed by atoms with E-state index in [9.17, 15) is 0 Å². The first-order valence-corrected chi connectivity index (χ1v) is 4.40. The number of hydrogen-bond donors (Lipinski definition) is 0. The van der Waals surface area contributed by atoms with Gasteiger partial charge in [0.05, 0.1) is 5.70 Å². The van der Waals surface area contributed by atoms with E-state index < -0.39 is 0 Å². The van der Waals surface area contributed by atoms with Crippen LogP contribution >= 0.6 is 0 Å². The summed E-state index contributed by atoms with van der Waals surface area (Å²) in [4.78, 5) is 4.15. The molecule has 0 aliphatic heterocycles. The van der Waals surface area contributed by atoms with Crippen LogP contribution in [0.3, 0.4) is 0 Å². The molecule has 1 nitrogen and oxygen atoms in total. The van der Waals surface area contributed by atoms with Gasteiger partial charge in [0.15, 0.2) is 0 Å². The van der Waals surface area contributed by atoms with Crippen molar-refractivity contribution in [3.05, 3.63) is 41.5 Å². The molecule has 13 heavy (non-hydrogen) atoms. The lowest BCUT2D eigenvalue weighted by Crippen LogP contribution is -1.85. The first-order valence-electron chi connectivity index (χ1n) is 4.40. The van der Waals surface area contributed by atoms with E-state index in [-0.39, 0.29) is 0 Å². The van der Waals surface area contributed by atoms with Crippen LogP contribution in [0, 0.1) is 13.8 Å². The quantitative estimate of drug-likeness (QED) is 0.608. The molecule has 1 aromatic carbocycles. The Morgan fingerprint density at radius 2 is 2.00 bits per heavy atom. The Hall–Kier alpha value is -1.37. The second kappa shape index (κ2) is 4.04. The second-order valence-corrected chi connectivity index (χ2v) is 3.13. The molecule has 0 bridgehead atoms. The van der Waals surface area contributed by atoms with Gasteiger partial charge in [0.1, 0.15) is 0 Å². The van der Waals surface area contributed by atoms with E-state index in [1.54, 1.807) is 6.21 Å². The van der Waals surface area contributed by atoms with E-state index in [1.165, 1.54) is 11.1 Å². The summed E-state index contributed by atoms with van der Waals surface area (Å²) in [5.41, 5.74) is 4.51. The number of benzene rings is 1. The zero-order valence-corrected chi connectivity index (χ0v) is 8.46. The van der Waals surface area contributed by atoms with Crippen molar-refractivity contribution in [3.63, 3.8) is 0 Å². The molecule has 1 aromatic rings.